The Balaban J connectivity index is 0.000000167. The Hall–Kier alpha value is -2.73. The lowest BCUT2D eigenvalue weighted by Crippen LogP contribution is -2.27. The van der Waals surface area contributed by atoms with Gasteiger partial charge in [0.2, 0.25) is 0 Å². The summed E-state index contributed by atoms with van der Waals surface area (Å²) in [6, 6.07) is 11.8. The van der Waals surface area contributed by atoms with Crippen LogP contribution in [0.3, 0.4) is 0 Å². The number of hydrogen-bond donors (Lipinski definition) is 1. The van der Waals surface area contributed by atoms with E-state index in [0.717, 1.165) is 16.8 Å². The van der Waals surface area contributed by atoms with Crippen LogP contribution in [-0.4, -0.2) is 26.9 Å². The number of benzene rings is 1. The molecule has 1 atom stereocenters. The third kappa shape index (κ3) is 4.39. The molecule has 4 rings (SSSR count). The molecular weight excluding hydrogens is 381 g/mol. The monoisotopic (exact) mass is 398 g/mol. The Labute approximate surface area is 167 Å². The maximum absolute atomic E-state index is 12.7. The number of halogens is 2. The molecule has 1 aliphatic rings. The predicted molar refractivity (Wildman–Crippen MR) is 103 cm³/mol. The lowest BCUT2D eigenvalue weighted by Gasteiger charge is -2.03. The standard InChI is InChI=1S/C11H9ClN4.C8H8BFO2/c1-16-10(6-9(7-13)15-16)5-8-3-2-4-14-11(8)12;1-5-7-4-6(10)2-3-8(7)9(11)12-5/h2-4,6H,5H2,1H3;2-5,11H,1H3/t;5-/m.1/s1. The molecule has 142 valence electrons. The highest BCUT2D eigenvalue weighted by molar-refractivity contribution is 6.61. The molecule has 3 heterocycles. The Morgan fingerprint density at radius 2 is 2.18 bits per heavy atom. The van der Waals surface area contributed by atoms with Crippen LogP contribution in [-0.2, 0) is 18.1 Å². The van der Waals surface area contributed by atoms with Gasteiger partial charge in [-0.25, -0.2) is 9.37 Å². The van der Waals surface area contributed by atoms with Gasteiger partial charge in [0, 0.05) is 25.4 Å². The number of pyridine rings is 1. The Bertz CT molecular complexity index is 1040. The maximum atomic E-state index is 12.7. The SMILES string of the molecule is C[C@H]1OB(O)c2ccc(F)cc21.Cn1nc(C#N)cc1Cc1cccnc1Cl. The third-order valence-corrected chi connectivity index (χ3v) is 4.73. The normalized spacial score (nSPS) is 14.9. The highest BCUT2D eigenvalue weighted by atomic mass is 35.5. The second-order valence-electron chi connectivity index (χ2n) is 6.29. The molecular formula is C19H17BClFN4O2. The van der Waals surface area contributed by atoms with Crippen LogP contribution >= 0.6 is 11.6 Å². The molecule has 2 aromatic heterocycles. The maximum Gasteiger partial charge on any atom is 0.491 e. The van der Waals surface area contributed by atoms with Crippen molar-refractivity contribution < 1.29 is 14.1 Å². The third-order valence-electron chi connectivity index (χ3n) is 4.39. The predicted octanol–water partition coefficient (Wildman–Crippen LogP) is 2.54. The zero-order valence-electron chi connectivity index (χ0n) is 15.3. The zero-order valence-corrected chi connectivity index (χ0v) is 16.1. The van der Waals surface area contributed by atoms with Crippen molar-refractivity contribution in [1.82, 2.24) is 14.8 Å². The quantitative estimate of drug-likeness (QED) is 0.530. The minimum Gasteiger partial charge on any atom is -0.423 e. The second-order valence-corrected chi connectivity index (χ2v) is 6.65. The fourth-order valence-corrected chi connectivity index (χ4v) is 3.12. The summed E-state index contributed by atoms with van der Waals surface area (Å²) in [4.78, 5) is 4.00. The van der Waals surface area contributed by atoms with Crippen LogP contribution in [0.15, 0.2) is 42.6 Å². The Kier molecular flexibility index (Phi) is 6.10. The number of aryl methyl sites for hydroxylation is 1. The van der Waals surface area contributed by atoms with Gasteiger partial charge in [0.25, 0.3) is 0 Å². The van der Waals surface area contributed by atoms with Crippen molar-refractivity contribution in [2.45, 2.75) is 19.4 Å². The van der Waals surface area contributed by atoms with Gasteiger partial charge in [-0.15, -0.1) is 0 Å². The molecule has 1 aromatic carbocycles. The first-order valence-corrected chi connectivity index (χ1v) is 8.92. The molecule has 0 unspecified atom stereocenters. The van der Waals surface area contributed by atoms with Gasteiger partial charge in [-0.3, -0.25) is 4.68 Å². The average molecular weight is 399 g/mol. The van der Waals surface area contributed by atoms with Gasteiger partial charge >= 0.3 is 7.12 Å². The van der Waals surface area contributed by atoms with Crippen LogP contribution in [0.1, 0.15) is 35.5 Å². The summed E-state index contributed by atoms with van der Waals surface area (Å²) in [7, 11) is 0.913. The van der Waals surface area contributed by atoms with Gasteiger partial charge < -0.3 is 9.68 Å². The molecule has 1 aliphatic heterocycles. The van der Waals surface area contributed by atoms with Crippen molar-refractivity contribution in [3.8, 4) is 6.07 Å². The van der Waals surface area contributed by atoms with Gasteiger partial charge in [-0.2, -0.15) is 10.4 Å². The summed E-state index contributed by atoms with van der Waals surface area (Å²) in [5.74, 6) is -0.293. The minimum absolute atomic E-state index is 0.217. The van der Waals surface area contributed by atoms with Gasteiger partial charge in [0.1, 0.15) is 17.0 Å². The lowest BCUT2D eigenvalue weighted by atomic mass is 9.79. The van der Waals surface area contributed by atoms with Crippen LogP contribution < -0.4 is 5.46 Å². The molecule has 0 aliphatic carbocycles. The molecule has 1 N–H and O–H groups in total. The van der Waals surface area contributed by atoms with Crippen molar-refractivity contribution in [3.63, 3.8) is 0 Å². The molecule has 0 amide bonds. The van der Waals surface area contributed by atoms with Crippen LogP contribution in [0.5, 0.6) is 0 Å². The van der Waals surface area contributed by atoms with Gasteiger partial charge in [0.15, 0.2) is 5.69 Å². The van der Waals surface area contributed by atoms with E-state index in [1.165, 1.54) is 12.1 Å². The number of nitrogens with zero attached hydrogens (tertiary/aromatic N) is 4. The number of nitriles is 1. The van der Waals surface area contributed by atoms with Gasteiger partial charge in [0.05, 0.1) is 6.10 Å². The average Bonchev–Trinajstić information content (AvgIpc) is 3.16. The van der Waals surface area contributed by atoms with Gasteiger partial charge in [-0.05, 0) is 47.8 Å². The Morgan fingerprint density at radius 3 is 2.86 bits per heavy atom. The summed E-state index contributed by atoms with van der Waals surface area (Å²) in [5.41, 5.74) is 3.69. The van der Waals surface area contributed by atoms with Crippen LogP contribution in [0.2, 0.25) is 5.15 Å². The van der Waals surface area contributed by atoms with E-state index in [1.807, 2.05) is 18.2 Å². The number of fused-ring (bicyclic) bond motifs is 1. The second kappa shape index (κ2) is 8.53. The van der Waals surface area contributed by atoms with Crippen LogP contribution in [0, 0.1) is 17.1 Å². The molecule has 0 spiro atoms. The summed E-state index contributed by atoms with van der Waals surface area (Å²) < 4.78 is 19.5. The number of hydrogen-bond acceptors (Lipinski definition) is 5. The van der Waals surface area contributed by atoms with E-state index in [0.29, 0.717) is 22.7 Å². The fraction of sp³-hybridized carbons (Fsp3) is 0.211. The summed E-state index contributed by atoms with van der Waals surface area (Å²) >= 11 is 5.96. The first-order chi connectivity index (χ1) is 13.4. The first kappa shape index (κ1) is 20.0. The molecule has 9 heteroatoms. The largest absolute Gasteiger partial charge is 0.491 e. The lowest BCUT2D eigenvalue weighted by molar-refractivity contribution is 0.208. The summed E-state index contributed by atoms with van der Waals surface area (Å²) in [5, 5.41) is 22.6. The van der Waals surface area contributed by atoms with Gasteiger partial charge in [-0.1, -0.05) is 23.7 Å². The molecule has 0 saturated heterocycles. The van der Waals surface area contributed by atoms with E-state index >= 15 is 0 Å². The fourth-order valence-electron chi connectivity index (χ4n) is 2.93. The molecule has 3 aromatic rings. The topological polar surface area (TPSA) is 84.0 Å². The Morgan fingerprint density at radius 1 is 1.39 bits per heavy atom. The molecule has 0 fully saturated rings. The van der Waals surface area contributed by atoms with E-state index in [-0.39, 0.29) is 11.9 Å². The number of aromatic nitrogens is 3. The minimum atomic E-state index is -0.893. The highest BCUT2D eigenvalue weighted by Gasteiger charge is 2.32. The first-order valence-electron chi connectivity index (χ1n) is 8.54. The van der Waals surface area contributed by atoms with Crippen molar-refractivity contribution >= 4 is 24.2 Å². The smallest absolute Gasteiger partial charge is 0.423 e. The summed E-state index contributed by atoms with van der Waals surface area (Å²) in [6.07, 6.45) is 2.05. The van der Waals surface area contributed by atoms with Crippen molar-refractivity contribution in [3.05, 3.63) is 76.1 Å². The molecule has 0 saturated carbocycles. The van der Waals surface area contributed by atoms with Crippen molar-refractivity contribution in [1.29, 1.82) is 5.26 Å². The molecule has 28 heavy (non-hydrogen) atoms. The van der Waals surface area contributed by atoms with E-state index in [2.05, 4.69) is 10.1 Å². The van der Waals surface area contributed by atoms with E-state index in [4.69, 9.17) is 21.5 Å². The van der Waals surface area contributed by atoms with Crippen LogP contribution in [0.4, 0.5) is 4.39 Å². The number of rotatable bonds is 2. The van der Waals surface area contributed by atoms with E-state index < -0.39 is 7.12 Å². The van der Waals surface area contributed by atoms with Crippen LogP contribution in [0.25, 0.3) is 0 Å². The zero-order chi connectivity index (χ0) is 20.3. The van der Waals surface area contributed by atoms with E-state index in [1.54, 1.807) is 37.0 Å². The molecule has 6 nitrogen and oxygen atoms in total. The van der Waals surface area contributed by atoms with Crippen molar-refractivity contribution in [2.24, 2.45) is 7.05 Å². The summed E-state index contributed by atoms with van der Waals surface area (Å²) in [6.45, 7) is 1.79. The van der Waals surface area contributed by atoms with E-state index in [9.17, 15) is 9.41 Å². The molecule has 0 bridgehead atoms. The molecule has 0 radical (unpaired) electrons. The highest BCUT2D eigenvalue weighted by Crippen LogP contribution is 2.22. The van der Waals surface area contributed by atoms with Crippen molar-refractivity contribution in [2.75, 3.05) is 0 Å².